The van der Waals surface area contributed by atoms with E-state index >= 15 is 0 Å². The number of benzene rings is 2. The molecule has 0 saturated carbocycles. The fourth-order valence-corrected chi connectivity index (χ4v) is 3.92. The maximum absolute atomic E-state index is 5.93. The Balaban J connectivity index is 1.54. The first-order valence-corrected chi connectivity index (χ1v) is 10.8. The average molecular weight is 421 g/mol. The smallest absolute Gasteiger partial charge is 0.205 e. The Morgan fingerprint density at radius 3 is 2.47 bits per heavy atom. The fourth-order valence-electron chi connectivity index (χ4n) is 3.12. The van der Waals surface area contributed by atoms with Crippen molar-refractivity contribution in [3.05, 3.63) is 66.7 Å². The van der Waals surface area contributed by atoms with E-state index in [1.165, 1.54) is 0 Å². The second-order valence-electron chi connectivity index (χ2n) is 7.31. The first-order chi connectivity index (χ1) is 14.6. The van der Waals surface area contributed by atoms with Gasteiger partial charge in [-0.15, -0.1) is 10.2 Å². The lowest BCUT2D eigenvalue weighted by Crippen LogP contribution is -2.08. The zero-order valence-corrected chi connectivity index (χ0v) is 18.1. The van der Waals surface area contributed by atoms with Gasteiger partial charge in [-0.1, -0.05) is 55.9 Å². The molecule has 0 aliphatic heterocycles. The van der Waals surface area contributed by atoms with Crippen LogP contribution in [0.25, 0.3) is 22.7 Å². The lowest BCUT2D eigenvalue weighted by atomic mass is 10.2. The van der Waals surface area contributed by atoms with E-state index in [9.17, 15) is 0 Å². The summed E-state index contributed by atoms with van der Waals surface area (Å²) >= 11 is 1.58. The summed E-state index contributed by atoms with van der Waals surface area (Å²) < 4.78 is 13.4. The Morgan fingerprint density at radius 2 is 1.77 bits per heavy atom. The van der Waals surface area contributed by atoms with Gasteiger partial charge in [-0.2, -0.15) is 0 Å². The minimum absolute atomic E-state index is 0.462. The van der Waals surface area contributed by atoms with E-state index in [0.717, 1.165) is 40.2 Å². The Kier molecular flexibility index (Phi) is 6.18. The standard InChI is InChI=1S/C23H24N4O2S/c1-16(2)14-27-22(18-9-11-19(28-3)12-10-18)25-26-23(27)30-15-21-24-13-20(29-21)17-7-5-4-6-8-17/h4-13,16H,14-15H2,1-3H3. The minimum Gasteiger partial charge on any atom is -0.497 e. The van der Waals surface area contributed by atoms with Crippen LogP contribution < -0.4 is 4.74 Å². The topological polar surface area (TPSA) is 66.0 Å². The van der Waals surface area contributed by atoms with E-state index in [1.54, 1.807) is 25.1 Å². The molecule has 7 heteroatoms. The molecule has 0 bridgehead atoms. The molecule has 0 aliphatic rings. The second-order valence-corrected chi connectivity index (χ2v) is 8.25. The van der Waals surface area contributed by atoms with Crippen LogP contribution in [-0.4, -0.2) is 26.9 Å². The van der Waals surface area contributed by atoms with Crippen molar-refractivity contribution in [2.75, 3.05) is 7.11 Å². The number of thioether (sulfide) groups is 1. The summed E-state index contributed by atoms with van der Waals surface area (Å²) in [4.78, 5) is 4.42. The number of ether oxygens (including phenoxy) is 1. The zero-order chi connectivity index (χ0) is 20.9. The molecular weight excluding hydrogens is 396 g/mol. The number of aromatic nitrogens is 4. The molecule has 0 radical (unpaired) electrons. The molecule has 0 atom stereocenters. The third-order valence-electron chi connectivity index (χ3n) is 4.55. The van der Waals surface area contributed by atoms with Crippen molar-refractivity contribution in [3.8, 4) is 28.5 Å². The quantitative estimate of drug-likeness (QED) is 0.348. The van der Waals surface area contributed by atoms with Gasteiger partial charge < -0.3 is 13.7 Å². The van der Waals surface area contributed by atoms with Crippen LogP contribution in [0.2, 0.25) is 0 Å². The Labute approximate surface area is 180 Å². The molecule has 0 saturated heterocycles. The highest BCUT2D eigenvalue weighted by Gasteiger charge is 2.17. The summed E-state index contributed by atoms with van der Waals surface area (Å²) in [6.45, 7) is 5.20. The molecule has 2 aromatic heterocycles. The summed E-state index contributed by atoms with van der Waals surface area (Å²) in [6.07, 6.45) is 1.77. The van der Waals surface area contributed by atoms with Crippen LogP contribution in [0.1, 0.15) is 19.7 Å². The SMILES string of the molecule is COc1ccc(-c2nnc(SCc3ncc(-c4ccccc4)o3)n2CC(C)C)cc1. The maximum atomic E-state index is 5.93. The van der Waals surface area contributed by atoms with Gasteiger partial charge in [0, 0.05) is 17.7 Å². The molecule has 0 aliphatic carbocycles. The van der Waals surface area contributed by atoms with Crippen molar-refractivity contribution in [1.82, 2.24) is 19.7 Å². The first-order valence-electron chi connectivity index (χ1n) is 9.84. The van der Waals surface area contributed by atoms with Crippen LogP contribution in [0.4, 0.5) is 0 Å². The number of hydrogen-bond acceptors (Lipinski definition) is 6. The number of rotatable bonds is 8. The van der Waals surface area contributed by atoms with Crippen LogP contribution in [0.3, 0.4) is 0 Å². The number of methoxy groups -OCH3 is 1. The van der Waals surface area contributed by atoms with Gasteiger partial charge in [0.2, 0.25) is 5.89 Å². The zero-order valence-electron chi connectivity index (χ0n) is 17.3. The van der Waals surface area contributed by atoms with Gasteiger partial charge >= 0.3 is 0 Å². The van der Waals surface area contributed by atoms with Gasteiger partial charge in [0.05, 0.1) is 19.1 Å². The Hall–Kier alpha value is -3.06. The summed E-state index contributed by atoms with van der Waals surface area (Å²) in [5, 5.41) is 9.76. The molecule has 2 aromatic carbocycles. The highest BCUT2D eigenvalue weighted by molar-refractivity contribution is 7.98. The average Bonchev–Trinajstić information content (AvgIpc) is 3.40. The molecule has 4 rings (SSSR count). The Morgan fingerprint density at radius 1 is 1.00 bits per heavy atom. The largest absolute Gasteiger partial charge is 0.497 e. The molecule has 30 heavy (non-hydrogen) atoms. The van der Waals surface area contributed by atoms with Crippen molar-refractivity contribution in [3.63, 3.8) is 0 Å². The Bertz CT molecular complexity index is 1090. The normalized spacial score (nSPS) is 11.2. The fraction of sp³-hybridized carbons (Fsp3) is 0.261. The van der Waals surface area contributed by atoms with Crippen molar-refractivity contribution in [2.24, 2.45) is 5.92 Å². The predicted octanol–water partition coefficient (Wildman–Crippen LogP) is 5.56. The van der Waals surface area contributed by atoms with Gasteiger partial charge in [-0.25, -0.2) is 4.98 Å². The van der Waals surface area contributed by atoms with E-state index in [2.05, 4.69) is 33.6 Å². The van der Waals surface area contributed by atoms with E-state index in [-0.39, 0.29) is 0 Å². The third kappa shape index (κ3) is 4.57. The molecule has 0 fully saturated rings. The van der Waals surface area contributed by atoms with Gasteiger partial charge in [0.1, 0.15) is 5.75 Å². The molecular formula is C23H24N4O2S. The lowest BCUT2D eigenvalue weighted by Gasteiger charge is -2.12. The predicted molar refractivity (Wildman–Crippen MR) is 118 cm³/mol. The molecule has 0 unspecified atom stereocenters. The summed E-state index contributed by atoms with van der Waals surface area (Å²) in [6, 6.07) is 17.9. The van der Waals surface area contributed by atoms with Gasteiger partial charge in [0.25, 0.3) is 0 Å². The van der Waals surface area contributed by atoms with Crippen LogP contribution in [0.15, 0.2) is 70.4 Å². The second kappa shape index (κ2) is 9.17. The van der Waals surface area contributed by atoms with E-state index in [4.69, 9.17) is 9.15 Å². The van der Waals surface area contributed by atoms with Crippen molar-refractivity contribution in [1.29, 1.82) is 0 Å². The summed E-state index contributed by atoms with van der Waals surface area (Å²) in [7, 11) is 1.66. The molecule has 2 heterocycles. The maximum Gasteiger partial charge on any atom is 0.205 e. The van der Waals surface area contributed by atoms with E-state index in [1.807, 2.05) is 54.6 Å². The first kappa shape index (κ1) is 20.2. The van der Waals surface area contributed by atoms with Crippen LogP contribution >= 0.6 is 11.8 Å². The molecule has 6 nitrogen and oxygen atoms in total. The van der Waals surface area contributed by atoms with Crippen molar-refractivity contribution in [2.45, 2.75) is 31.3 Å². The van der Waals surface area contributed by atoms with Crippen molar-refractivity contribution >= 4 is 11.8 Å². The lowest BCUT2D eigenvalue weighted by molar-refractivity contribution is 0.415. The third-order valence-corrected chi connectivity index (χ3v) is 5.50. The minimum atomic E-state index is 0.462. The molecule has 0 spiro atoms. The van der Waals surface area contributed by atoms with Gasteiger partial charge in [-0.3, -0.25) is 0 Å². The van der Waals surface area contributed by atoms with Crippen LogP contribution in [0, 0.1) is 5.92 Å². The van der Waals surface area contributed by atoms with Crippen LogP contribution in [-0.2, 0) is 12.3 Å². The highest BCUT2D eigenvalue weighted by Crippen LogP contribution is 2.29. The molecule has 0 N–H and O–H groups in total. The van der Waals surface area contributed by atoms with E-state index < -0.39 is 0 Å². The monoisotopic (exact) mass is 420 g/mol. The summed E-state index contributed by atoms with van der Waals surface area (Å²) in [5.41, 5.74) is 2.03. The van der Waals surface area contributed by atoms with Crippen LogP contribution in [0.5, 0.6) is 5.75 Å². The number of oxazole rings is 1. The molecule has 0 amide bonds. The number of hydrogen-bond donors (Lipinski definition) is 0. The summed E-state index contributed by atoms with van der Waals surface area (Å²) in [5.74, 6) is 4.17. The van der Waals surface area contributed by atoms with Crippen molar-refractivity contribution < 1.29 is 9.15 Å². The van der Waals surface area contributed by atoms with E-state index in [0.29, 0.717) is 17.6 Å². The van der Waals surface area contributed by atoms with Gasteiger partial charge in [-0.05, 0) is 30.2 Å². The number of nitrogens with zero attached hydrogens (tertiary/aromatic N) is 4. The molecule has 154 valence electrons. The van der Waals surface area contributed by atoms with Gasteiger partial charge in [0.15, 0.2) is 16.7 Å². The molecule has 4 aromatic rings. The highest BCUT2D eigenvalue weighted by atomic mass is 32.2.